The molecule has 1 aromatic heterocycles. The first kappa shape index (κ1) is 14.3. The molecule has 0 aliphatic heterocycles. The van der Waals surface area contributed by atoms with E-state index in [4.69, 9.17) is 4.74 Å². The van der Waals surface area contributed by atoms with Crippen LogP contribution in [0.4, 0.5) is 5.69 Å². The zero-order valence-electron chi connectivity index (χ0n) is 11.4. The van der Waals surface area contributed by atoms with E-state index in [1.807, 2.05) is 6.07 Å². The van der Waals surface area contributed by atoms with Crippen LogP contribution in [0.1, 0.15) is 13.8 Å². The Labute approximate surface area is 118 Å². The van der Waals surface area contributed by atoms with E-state index in [1.54, 1.807) is 11.3 Å². The van der Waals surface area contributed by atoms with Gasteiger partial charge in [-0.25, -0.2) is 0 Å². The van der Waals surface area contributed by atoms with Gasteiger partial charge < -0.3 is 15.2 Å². The Kier molecular flexibility index (Phi) is 5.19. The highest BCUT2D eigenvalue weighted by Gasteiger charge is 2.05. The molecule has 0 fully saturated rings. The Hall–Kier alpha value is -1.10. The topological polar surface area (TPSA) is 41.5 Å². The number of benzene rings is 1. The van der Waals surface area contributed by atoms with Crippen LogP contribution >= 0.6 is 11.3 Å². The average Bonchev–Trinajstić information content (AvgIpc) is 2.83. The standard InChI is InChI=1S/C15H21NO2S/c1-11(2)9-18-10-14(17)8-16-13-3-4-15-12(7-13)5-6-19-15/h3-7,11,14,16-17H,8-10H2,1-2H3. The summed E-state index contributed by atoms with van der Waals surface area (Å²) in [5.41, 5.74) is 1.04. The van der Waals surface area contributed by atoms with E-state index < -0.39 is 6.10 Å². The normalized spacial score (nSPS) is 13.1. The fraction of sp³-hybridized carbons (Fsp3) is 0.467. The van der Waals surface area contributed by atoms with Crippen molar-refractivity contribution in [1.29, 1.82) is 0 Å². The highest BCUT2D eigenvalue weighted by molar-refractivity contribution is 7.17. The van der Waals surface area contributed by atoms with Crippen LogP contribution in [0.5, 0.6) is 0 Å². The van der Waals surface area contributed by atoms with Crippen molar-refractivity contribution in [2.24, 2.45) is 5.92 Å². The van der Waals surface area contributed by atoms with Crippen molar-refractivity contribution in [3.05, 3.63) is 29.6 Å². The fourth-order valence-corrected chi connectivity index (χ4v) is 2.58. The van der Waals surface area contributed by atoms with Gasteiger partial charge in [-0.2, -0.15) is 0 Å². The van der Waals surface area contributed by atoms with Gasteiger partial charge in [-0.3, -0.25) is 0 Å². The first-order valence-electron chi connectivity index (χ1n) is 6.62. The van der Waals surface area contributed by atoms with Gasteiger partial charge in [0.2, 0.25) is 0 Å². The first-order valence-corrected chi connectivity index (χ1v) is 7.50. The molecule has 1 unspecified atom stereocenters. The third-order valence-corrected chi connectivity index (χ3v) is 3.65. The average molecular weight is 279 g/mol. The number of thiophene rings is 1. The zero-order chi connectivity index (χ0) is 13.7. The number of ether oxygens (including phenoxy) is 1. The molecule has 1 heterocycles. The Morgan fingerprint density at radius 3 is 2.89 bits per heavy atom. The van der Waals surface area contributed by atoms with Gasteiger partial charge in [0.15, 0.2) is 0 Å². The van der Waals surface area contributed by atoms with Crippen LogP contribution in [0.15, 0.2) is 29.6 Å². The first-order chi connectivity index (χ1) is 9.15. The second-order valence-electron chi connectivity index (χ2n) is 5.14. The predicted molar refractivity (Wildman–Crippen MR) is 82.0 cm³/mol. The summed E-state index contributed by atoms with van der Waals surface area (Å²) in [5, 5.41) is 16.4. The van der Waals surface area contributed by atoms with E-state index in [0.29, 0.717) is 25.7 Å². The maximum absolute atomic E-state index is 9.81. The molecule has 0 bridgehead atoms. The molecule has 1 aromatic carbocycles. The molecule has 0 aliphatic rings. The van der Waals surface area contributed by atoms with Crippen LogP contribution < -0.4 is 5.32 Å². The molecule has 3 nitrogen and oxygen atoms in total. The minimum Gasteiger partial charge on any atom is -0.389 e. The molecule has 0 aliphatic carbocycles. The summed E-state index contributed by atoms with van der Waals surface area (Å²) in [6, 6.07) is 8.35. The third-order valence-electron chi connectivity index (χ3n) is 2.76. The van der Waals surface area contributed by atoms with Gasteiger partial charge in [-0.05, 0) is 40.9 Å². The second kappa shape index (κ2) is 6.89. The molecule has 104 valence electrons. The molecular formula is C15H21NO2S. The van der Waals surface area contributed by atoms with Crippen LogP contribution in [0, 0.1) is 5.92 Å². The lowest BCUT2D eigenvalue weighted by Crippen LogP contribution is -2.25. The molecule has 0 spiro atoms. The van der Waals surface area contributed by atoms with Crippen molar-refractivity contribution in [3.8, 4) is 0 Å². The van der Waals surface area contributed by atoms with Gasteiger partial charge in [0, 0.05) is 23.5 Å². The smallest absolute Gasteiger partial charge is 0.0945 e. The van der Waals surface area contributed by atoms with E-state index in [1.165, 1.54) is 10.1 Å². The van der Waals surface area contributed by atoms with Crippen molar-refractivity contribution in [1.82, 2.24) is 0 Å². The van der Waals surface area contributed by atoms with E-state index in [-0.39, 0.29) is 0 Å². The van der Waals surface area contributed by atoms with Gasteiger partial charge >= 0.3 is 0 Å². The van der Waals surface area contributed by atoms with Gasteiger partial charge in [0.05, 0.1) is 12.7 Å². The minimum atomic E-state index is -0.475. The minimum absolute atomic E-state index is 0.381. The van der Waals surface area contributed by atoms with Crippen molar-refractivity contribution < 1.29 is 9.84 Å². The molecule has 19 heavy (non-hydrogen) atoms. The molecular weight excluding hydrogens is 258 g/mol. The molecule has 1 atom stereocenters. The third kappa shape index (κ3) is 4.49. The lowest BCUT2D eigenvalue weighted by Gasteiger charge is -2.14. The molecule has 0 amide bonds. The Balaban J connectivity index is 1.77. The maximum Gasteiger partial charge on any atom is 0.0945 e. The van der Waals surface area contributed by atoms with E-state index in [0.717, 1.165) is 5.69 Å². The number of aliphatic hydroxyl groups is 1. The van der Waals surface area contributed by atoms with Crippen molar-refractivity contribution in [2.45, 2.75) is 20.0 Å². The Bertz CT molecular complexity index is 510. The lowest BCUT2D eigenvalue weighted by atomic mass is 10.2. The van der Waals surface area contributed by atoms with E-state index >= 15 is 0 Å². The van der Waals surface area contributed by atoms with Gasteiger partial charge in [-0.15, -0.1) is 11.3 Å². The molecule has 0 radical (unpaired) electrons. The molecule has 0 saturated heterocycles. The summed E-state index contributed by atoms with van der Waals surface area (Å²) in [6.07, 6.45) is -0.475. The molecule has 2 rings (SSSR count). The second-order valence-corrected chi connectivity index (χ2v) is 6.09. The van der Waals surface area contributed by atoms with E-state index in [9.17, 15) is 5.11 Å². The molecule has 0 saturated carbocycles. The number of rotatable bonds is 7. The highest BCUT2D eigenvalue weighted by Crippen LogP contribution is 2.23. The van der Waals surface area contributed by atoms with Crippen LogP contribution in [-0.4, -0.2) is 31.0 Å². The van der Waals surface area contributed by atoms with Crippen molar-refractivity contribution >= 4 is 27.1 Å². The summed E-state index contributed by atoms with van der Waals surface area (Å²) >= 11 is 1.74. The number of hydrogen-bond acceptors (Lipinski definition) is 4. The number of hydrogen-bond donors (Lipinski definition) is 2. The molecule has 2 N–H and O–H groups in total. The summed E-state index contributed by atoms with van der Waals surface area (Å²) in [4.78, 5) is 0. The fourth-order valence-electron chi connectivity index (χ4n) is 1.81. The van der Waals surface area contributed by atoms with Crippen LogP contribution in [-0.2, 0) is 4.74 Å². The maximum atomic E-state index is 9.81. The summed E-state index contributed by atoms with van der Waals surface area (Å²) in [6.45, 7) is 5.78. The monoisotopic (exact) mass is 279 g/mol. The van der Waals surface area contributed by atoms with Crippen molar-refractivity contribution in [2.75, 3.05) is 25.1 Å². The van der Waals surface area contributed by atoms with Crippen molar-refractivity contribution in [3.63, 3.8) is 0 Å². The summed E-state index contributed by atoms with van der Waals surface area (Å²) in [5.74, 6) is 0.501. The quantitative estimate of drug-likeness (QED) is 0.816. The van der Waals surface area contributed by atoms with Gasteiger partial charge in [0.25, 0.3) is 0 Å². The van der Waals surface area contributed by atoms with Crippen LogP contribution in [0.3, 0.4) is 0 Å². The van der Waals surface area contributed by atoms with Gasteiger partial charge in [-0.1, -0.05) is 13.8 Å². The number of nitrogens with one attached hydrogen (secondary N) is 1. The van der Waals surface area contributed by atoms with Crippen LogP contribution in [0.25, 0.3) is 10.1 Å². The SMILES string of the molecule is CC(C)COCC(O)CNc1ccc2sccc2c1. The summed E-state index contributed by atoms with van der Waals surface area (Å²) in [7, 11) is 0. The Morgan fingerprint density at radius 1 is 1.26 bits per heavy atom. The zero-order valence-corrected chi connectivity index (χ0v) is 12.2. The highest BCUT2D eigenvalue weighted by atomic mass is 32.1. The number of fused-ring (bicyclic) bond motifs is 1. The summed E-state index contributed by atoms with van der Waals surface area (Å²) < 4.78 is 6.70. The molecule has 2 aromatic rings. The molecule has 4 heteroatoms. The predicted octanol–water partition coefficient (Wildman–Crippen LogP) is 3.35. The van der Waals surface area contributed by atoms with Crippen LogP contribution in [0.2, 0.25) is 0 Å². The number of aliphatic hydroxyl groups excluding tert-OH is 1. The number of anilines is 1. The van der Waals surface area contributed by atoms with E-state index in [2.05, 4.69) is 42.7 Å². The largest absolute Gasteiger partial charge is 0.389 e. The lowest BCUT2D eigenvalue weighted by molar-refractivity contribution is 0.0318. The Morgan fingerprint density at radius 2 is 2.11 bits per heavy atom. The van der Waals surface area contributed by atoms with Gasteiger partial charge in [0.1, 0.15) is 0 Å².